The van der Waals surface area contributed by atoms with Crippen LogP contribution in [0.15, 0.2) is 36.4 Å². The molecule has 0 bridgehead atoms. The van der Waals surface area contributed by atoms with E-state index in [1.807, 2.05) is 36.4 Å². The summed E-state index contributed by atoms with van der Waals surface area (Å²) in [7, 11) is 1.50. The number of nitrogens with zero attached hydrogens (tertiary/aromatic N) is 1. The van der Waals surface area contributed by atoms with Gasteiger partial charge < -0.3 is 15.4 Å². The van der Waals surface area contributed by atoms with Crippen molar-refractivity contribution >= 4 is 5.97 Å². The molecule has 0 heterocycles. The van der Waals surface area contributed by atoms with Crippen molar-refractivity contribution < 1.29 is 9.53 Å². The van der Waals surface area contributed by atoms with Crippen LogP contribution in [0.1, 0.15) is 20.8 Å². The van der Waals surface area contributed by atoms with Crippen LogP contribution >= 0.6 is 0 Å². The molecule has 19 heavy (non-hydrogen) atoms. The largest absolute Gasteiger partial charge is 0.465 e. The molecular weight excluding hydrogens is 240 g/mol. The first kappa shape index (κ1) is 19.9. The first-order chi connectivity index (χ1) is 9.20. The smallest absolute Gasteiger partial charge is 0.302 e. The summed E-state index contributed by atoms with van der Waals surface area (Å²) < 4.78 is 4.80. The van der Waals surface area contributed by atoms with Gasteiger partial charge in [-0.15, -0.1) is 0 Å². The van der Waals surface area contributed by atoms with Gasteiger partial charge in [-0.2, -0.15) is 0 Å². The molecule has 0 aliphatic carbocycles. The normalized spacial score (nSPS) is 8.74. The van der Waals surface area contributed by atoms with Crippen molar-refractivity contribution in [1.29, 1.82) is 0 Å². The van der Waals surface area contributed by atoms with E-state index in [1.54, 1.807) is 0 Å². The molecule has 0 aliphatic rings. The predicted molar refractivity (Wildman–Crippen MR) is 81.0 cm³/mol. The molecule has 0 aliphatic heterocycles. The van der Waals surface area contributed by atoms with Gasteiger partial charge >= 0.3 is 5.97 Å². The summed E-state index contributed by atoms with van der Waals surface area (Å²) in [5.74, 6) is -0.197. The quantitative estimate of drug-likeness (QED) is 0.831. The molecule has 4 heteroatoms. The van der Waals surface area contributed by atoms with Gasteiger partial charge in [0.15, 0.2) is 0 Å². The lowest BCUT2D eigenvalue weighted by Crippen LogP contribution is -2.27. The fourth-order valence-electron chi connectivity index (χ4n) is 1.24. The SMILES string of the molecule is CCN(CC)CCOC(C)=O.CN.c1ccccc1. The van der Waals surface area contributed by atoms with Gasteiger partial charge in [-0.3, -0.25) is 4.79 Å². The monoisotopic (exact) mass is 268 g/mol. The highest BCUT2D eigenvalue weighted by Gasteiger charge is 1.98. The first-order valence-electron chi connectivity index (χ1n) is 6.64. The van der Waals surface area contributed by atoms with Gasteiger partial charge in [-0.25, -0.2) is 0 Å². The highest BCUT2D eigenvalue weighted by atomic mass is 16.5. The van der Waals surface area contributed by atoms with Crippen molar-refractivity contribution in [3.63, 3.8) is 0 Å². The van der Waals surface area contributed by atoms with E-state index < -0.39 is 0 Å². The molecular formula is C15H28N2O2. The molecule has 0 saturated carbocycles. The zero-order chi connectivity index (χ0) is 14.9. The zero-order valence-electron chi connectivity index (χ0n) is 12.6. The van der Waals surface area contributed by atoms with Crippen molar-refractivity contribution in [3.05, 3.63) is 36.4 Å². The molecule has 0 radical (unpaired) electrons. The Labute approximate surface area is 117 Å². The molecule has 2 N–H and O–H groups in total. The maximum absolute atomic E-state index is 10.4. The number of esters is 1. The molecule has 0 atom stereocenters. The molecule has 1 aromatic carbocycles. The van der Waals surface area contributed by atoms with E-state index in [0.717, 1.165) is 19.6 Å². The van der Waals surface area contributed by atoms with E-state index in [4.69, 9.17) is 4.74 Å². The van der Waals surface area contributed by atoms with Gasteiger partial charge in [0.1, 0.15) is 6.61 Å². The number of ether oxygens (including phenoxy) is 1. The molecule has 0 fully saturated rings. The number of carbonyl (C=O) groups excluding carboxylic acids is 1. The summed E-state index contributed by atoms with van der Waals surface area (Å²) in [6.45, 7) is 9.00. The van der Waals surface area contributed by atoms with Gasteiger partial charge in [-0.05, 0) is 20.1 Å². The molecule has 110 valence electrons. The van der Waals surface area contributed by atoms with Gasteiger partial charge in [0.05, 0.1) is 0 Å². The third-order valence-electron chi connectivity index (χ3n) is 2.27. The van der Waals surface area contributed by atoms with E-state index >= 15 is 0 Å². The number of carbonyl (C=O) groups is 1. The third kappa shape index (κ3) is 16.6. The number of hydrogen-bond donors (Lipinski definition) is 1. The Morgan fingerprint density at radius 3 is 1.63 bits per heavy atom. The minimum atomic E-state index is -0.197. The topological polar surface area (TPSA) is 55.6 Å². The van der Waals surface area contributed by atoms with Crippen molar-refractivity contribution in [2.24, 2.45) is 5.73 Å². The van der Waals surface area contributed by atoms with Crippen molar-refractivity contribution in [1.82, 2.24) is 4.90 Å². The molecule has 4 nitrogen and oxygen atoms in total. The average Bonchev–Trinajstić information content (AvgIpc) is 2.48. The van der Waals surface area contributed by atoms with Crippen LogP contribution < -0.4 is 5.73 Å². The van der Waals surface area contributed by atoms with Crippen LogP contribution in [-0.4, -0.2) is 44.2 Å². The molecule has 0 unspecified atom stereocenters. The Morgan fingerprint density at radius 2 is 1.37 bits per heavy atom. The van der Waals surface area contributed by atoms with Crippen molar-refractivity contribution in [3.8, 4) is 0 Å². The van der Waals surface area contributed by atoms with E-state index in [1.165, 1.54) is 14.0 Å². The van der Waals surface area contributed by atoms with E-state index in [0.29, 0.717) is 6.61 Å². The highest BCUT2D eigenvalue weighted by molar-refractivity contribution is 5.65. The van der Waals surface area contributed by atoms with E-state index in [2.05, 4.69) is 24.5 Å². The summed E-state index contributed by atoms with van der Waals surface area (Å²) in [6.07, 6.45) is 0. The number of benzene rings is 1. The maximum Gasteiger partial charge on any atom is 0.302 e. The standard InChI is InChI=1S/C8H17NO2.C6H6.CH5N/c1-4-9(5-2)6-7-11-8(3)10;1-2-4-6-5-3-1;1-2/h4-7H2,1-3H3;1-6H;2H2,1H3. The molecule has 0 amide bonds. The maximum atomic E-state index is 10.4. The number of likely N-dealkylation sites (N-methyl/N-ethyl adjacent to an activating group) is 1. The van der Waals surface area contributed by atoms with Gasteiger partial charge in [0, 0.05) is 13.5 Å². The minimum absolute atomic E-state index is 0.197. The second kappa shape index (κ2) is 16.6. The first-order valence-corrected chi connectivity index (χ1v) is 6.64. The second-order valence-corrected chi connectivity index (χ2v) is 3.52. The fraction of sp³-hybridized carbons (Fsp3) is 0.533. The predicted octanol–water partition coefficient (Wildman–Crippen LogP) is 2.15. The van der Waals surface area contributed by atoms with Crippen molar-refractivity contribution in [2.75, 3.05) is 33.3 Å². The lowest BCUT2D eigenvalue weighted by atomic mass is 10.4. The number of rotatable bonds is 5. The summed E-state index contributed by atoms with van der Waals surface area (Å²) >= 11 is 0. The molecule has 0 saturated heterocycles. The Hall–Kier alpha value is -1.39. The molecule has 0 spiro atoms. The van der Waals surface area contributed by atoms with Crippen molar-refractivity contribution in [2.45, 2.75) is 20.8 Å². The lowest BCUT2D eigenvalue weighted by molar-refractivity contribution is -0.141. The van der Waals surface area contributed by atoms with Gasteiger partial charge in [0.2, 0.25) is 0 Å². The minimum Gasteiger partial charge on any atom is -0.465 e. The van der Waals surface area contributed by atoms with Crippen LogP contribution in [0.25, 0.3) is 0 Å². The molecule has 0 aromatic heterocycles. The van der Waals surface area contributed by atoms with Gasteiger partial charge in [0.25, 0.3) is 0 Å². The van der Waals surface area contributed by atoms with Crippen LogP contribution in [0.4, 0.5) is 0 Å². The Bertz CT molecular complexity index is 248. The van der Waals surface area contributed by atoms with Crippen LogP contribution in [0, 0.1) is 0 Å². The van der Waals surface area contributed by atoms with E-state index in [-0.39, 0.29) is 5.97 Å². The summed E-state index contributed by atoms with van der Waals surface area (Å²) in [4.78, 5) is 12.6. The second-order valence-electron chi connectivity index (χ2n) is 3.52. The zero-order valence-corrected chi connectivity index (χ0v) is 12.6. The highest BCUT2D eigenvalue weighted by Crippen LogP contribution is 1.86. The van der Waals surface area contributed by atoms with E-state index in [9.17, 15) is 4.79 Å². The Kier molecular flexibility index (Phi) is 17.4. The Balaban J connectivity index is 0. The van der Waals surface area contributed by atoms with Gasteiger partial charge in [-0.1, -0.05) is 50.2 Å². The molecule has 1 aromatic rings. The summed E-state index contributed by atoms with van der Waals surface area (Å²) in [5, 5.41) is 0. The number of hydrogen-bond acceptors (Lipinski definition) is 4. The summed E-state index contributed by atoms with van der Waals surface area (Å²) in [6, 6.07) is 12.0. The van der Waals surface area contributed by atoms with Crippen LogP contribution in [-0.2, 0) is 9.53 Å². The Morgan fingerprint density at radius 1 is 1.00 bits per heavy atom. The molecule has 1 rings (SSSR count). The third-order valence-corrected chi connectivity index (χ3v) is 2.27. The average molecular weight is 268 g/mol. The van der Waals surface area contributed by atoms with Crippen LogP contribution in [0.5, 0.6) is 0 Å². The summed E-state index contributed by atoms with van der Waals surface area (Å²) in [5.41, 5.74) is 4.50. The number of nitrogens with two attached hydrogens (primary N) is 1. The van der Waals surface area contributed by atoms with Crippen LogP contribution in [0.2, 0.25) is 0 Å². The van der Waals surface area contributed by atoms with Crippen LogP contribution in [0.3, 0.4) is 0 Å². The fourth-order valence-corrected chi connectivity index (χ4v) is 1.24. The lowest BCUT2D eigenvalue weighted by Gasteiger charge is -2.16.